The Morgan fingerprint density at radius 2 is 1.83 bits per heavy atom. The van der Waals surface area contributed by atoms with Crippen LogP contribution in [0, 0.1) is 11.3 Å². The van der Waals surface area contributed by atoms with Crippen molar-refractivity contribution in [2.45, 2.75) is 12.3 Å². The number of amides is 1. The second-order valence-electron chi connectivity index (χ2n) is 5.25. The van der Waals surface area contributed by atoms with Gasteiger partial charge in [-0.25, -0.2) is 8.42 Å². The molecule has 2 aromatic carbocycles. The standard InChI is InChI=1S/C17H15BrN2O3S/c18-16-6-2-5-15(8-16)11-24(22,23)12-17(21)20-10-14-4-1-3-13(7-14)9-19/h1-8H,10-12H2,(H,20,21). The van der Waals surface area contributed by atoms with Crippen molar-refractivity contribution >= 4 is 31.7 Å². The van der Waals surface area contributed by atoms with Gasteiger partial charge in [0.1, 0.15) is 5.75 Å². The fourth-order valence-corrected chi connectivity index (χ4v) is 3.87. The number of carbonyl (C=O) groups excluding carboxylic acids is 1. The minimum absolute atomic E-state index is 0.181. The highest BCUT2D eigenvalue weighted by Gasteiger charge is 2.17. The Kier molecular flexibility index (Phi) is 6.12. The molecule has 0 fully saturated rings. The van der Waals surface area contributed by atoms with Crippen LogP contribution in [0.2, 0.25) is 0 Å². The Morgan fingerprint density at radius 3 is 2.54 bits per heavy atom. The lowest BCUT2D eigenvalue weighted by atomic mass is 10.1. The van der Waals surface area contributed by atoms with Crippen LogP contribution in [-0.4, -0.2) is 20.1 Å². The first kappa shape index (κ1) is 18.2. The highest BCUT2D eigenvalue weighted by molar-refractivity contribution is 9.10. The Morgan fingerprint density at radius 1 is 1.12 bits per heavy atom. The molecule has 0 saturated heterocycles. The summed E-state index contributed by atoms with van der Waals surface area (Å²) in [5.74, 6) is -1.33. The molecule has 124 valence electrons. The number of nitrogens with one attached hydrogen (secondary N) is 1. The number of hydrogen-bond acceptors (Lipinski definition) is 4. The molecule has 0 unspecified atom stereocenters. The summed E-state index contributed by atoms with van der Waals surface area (Å²) in [7, 11) is -3.55. The van der Waals surface area contributed by atoms with E-state index in [0.717, 1.165) is 10.0 Å². The molecule has 0 aliphatic heterocycles. The third-order valence-electron chi connectivity index (χ3n) is 3.17. The minimum Gasteiger partial charge on any atom is -0.351 e. The van der Waals surface area contributed by atoms with Crippen molar-refractivity contribution in [3.63, 3.8) is 0 Å². The summed E-state index contributed by atoms with van der Waals surface area (Å²) in [4.78, 5) is 11.9. The van der Waals surface area contributed by atoms with E-state index in [0.29, 0.717) is 11.1 Å². The van der Waals surface area contributed by atoms with Crippen LogP contribution in [0.25, 0.3) is 0 Å². The molecule has 0 saturated carbocycles. The molecule has 1 N–H and O–H groups in total. The monoisotopic (exact) mass is 406 g/mol. The smallest absolute Gasteiger partial charge is 0.235 e. The van der Waals surface area contributed by atoms with Crippen LogP contribution in [0.4, 0.5) is 0 Å². The van der Waals surface area contributed by atoms with Crippen molar-refractivity contribution < 1.29 is 13.2 Å². The summed E-state index contributed by atoms with van der Waals surface area (Å²) in [5.41, 5.74) is 1.86. The lowest BCUT2D eigenvalue weighted by Gasteiger charge is -2.07. The van der Waals surface area contributed by atoms with Gasteiger partial charge in [0, 0.05) is 11.0 Å². The molecule has 5 nitrogen and oxygen atoms in total. The number of carbonyl (C=O) groups is 1. The topological polar surface area (TPSA) is 87.0 Å². The van der Waals surface area contributed by atoms with Crippen molar-refractivity contribution in [3.8, 4) is 6.07 Å². The molecule has 0 radical (unpaired) electrons. The zero-order valence-electron chi connectivity index (χ0n) is 12.7. The second-order valence-corrected chi connectivity index (χ2v) is 8.23. The van der Waals surface area contributed by atoms with Crippen molar-refractivity contribution in [1.82, 2.24) is 5.32 Å². The fraction of sp³-hybridized carbons (Fsp3) is 0.176. The first-order valence-corrected chi connectivity index (χ1v) is 9.70. The molecule has 0 atom stereocenters. The lowest BCUT2D eigenvalue weighted by Crippen LogP contribution is -2.30. The van der Waals surface area contributed by atoms with Crippen LogP contribution in [0.3, 0.4) is 0 Å². The molecule has 2 rings (SSSR count). The van der Waals surface area contributed by atoms with E-state index in [1.165, 1.54) is 0 Å². The van der Waals surface area contributed by atoms with Crippen molar-refractivity contribution in [2.24, 2.45) is 0 Å². The van der Waals surface area contributed by atoms with Gasteiger partial charge in [0.05, 0.1) is 17.4 Å². The maximum Gasteiger partial charge on any atom is 0.235 e. The quantitative estimate of drug-likeness (QED) is 0.798. The molecule has 0 spiro atoms. The Bertz CT molecular complexity index is 889. The van der Waals surface area contributed by atoms with Crippen molar-refractivity contribution in [1.29, 1.82) is 5.26 Å². The van der Waals surface area contributed by atoms with Gasteiger partial charge in [-0.2, -0.15) is 5.26 Å². The highest BCUT2D eigenvalue weighted by atomic mass is 79.9. The van der Waals surface area contributed by atoms with Crippen LogP contribution in [0.5, 0.6) is 0 Å². The molecule has 1 amide bonds. The van der Waals surface area contributed by atoms with Crippen molar-refractivity contribution in [2.75, 3.05) is 5.75 Å². The molecule has 0 bridgehead atoms. The van der Waals surface area contributed by atoms with Crippen LogP contribution in [0.15, 0.2) is 53.0 Å². The number of nitriles is 1. The molecule has 24 heavy (non-hydrogen) atoms. The Hall–Kier alpha value is -2.17. The van der Waals surface area contributed by atoms with E-state index in [9.17, 15) is 13.2 Å². The number of nitrogens with zero attached hydrogens (tertiary/aromatic N) is 1. The molecular weight excluding hydrogens is 392 g/mol. The number of sulfone groups is 1. The summed E-state index contributed by atoms with van der Waals surface area (Å²) >= 11 is 3.29. The van der Waals surface area contributed by atoms with Crippen LogP contribution in [-0.2, 0) is 26.9 Å². The third kappa shape index (κ3) is 5.80. The lowest BCUT2D eigenvalue weighted by molar-refractivity contribution is -0.118. The Balaban J connectivity index is 1.92. The highest BCUT2D eigenvalue weighted by Crippen LogP contribution is 2.14. The van der Waals surface area contributed by atoms with Gasteiger partial charge in [-0.1, -0.05) is 40.2 Å². The summed E-state index contributed by atoms with van der Waals surface area (Å²) in [6, 6.07) is 15.8. The van der Waals surface area contributed by atoms with Crippen molar-refractivity contribution in [3.05, 3.63) is 69.7 Å². The van der Waals surface area contributed by atoms with E-state index in [4.69, 9.17) is 5.26 Å². The molecular formula is C17H15BrN2O3S. The van der Waals surface area contributed by atoms with E-state index >= 15 is 0 Å². The first-order chi connectivity index (χ1) is 11.4. The molecule has 0 aliphatic rings. The van der Waals surface area contributed by atoms with E-state index in [1.807, 2.05) is 6.07 Å². The van der Waals surface area contributed by atoms with Gasteiger partial charge in [-0.15, -0.1) is 0 Å². The average molecular weight is 407 g/mol. The summed E-state index contributed by atoms with van der Waals surface area (Å²) in [6.07, 6.45) is 0. The van der Waals surface area contributed by atoms with Crippen LogP contribution < -0.4 is 5.32 Å². The largest absolute Gasteiger partial charge is 0.351 e. The Labute approximate surface area is 149 Å². The van der Waals surface area contributed by atoms with Gasteiger partial charge < -0.3 is 5.32 Å². The normalized spacial score (nSPS) is 10.8. The molecule has 7 heteroatoms. The molecule has 0 heterocycles. The van der Waals surface area contributed by atoms with Crippen LogP contribution >= 0.6 is 15.9 Å². The number of benzene rings is 2. The molecule has 0 aromatic heterocycles. The zero-order valence-corrected chi connectivity index (χ0v) is 15.1. The van der Waals surface area contributed by atoms with Gasteiger partial charge >= 0.3 is 0 Å². The first-order valence-electron chi connectivity index (χ1n) is 7.08. The predicted octanol–water partition coefficient (Wildman–Crippen LogP) is 2.55. The summed E-state index contributed by atoms with van der Waals surface area (Å²) in [5, 5.41) is 11.4. The van der Waals surface area contributed by atoms with Gasteiger partial charge in [0.15, 0.2) is 9.84 Å². The number of hydrogen-bond donors (Lipinski definition) is 1. The third-order valence-corrected chi connectivity index (χ3v) is 5.14. The van der Waals surface area contributed by atoms with Gasteiger partial charge in [0.2, 0.25) is 5.91 Å². The minimum atomic E-state index is -3.55. The zero-order chi connectivity index (χ0) is 17.6. The second kappa shape index (κ2) is 8.08. The van der Waals surface area contributed by atoms with E-state index in [-0.39, 0.29) is 12.3 Å². The van der Waals surface area contributed by atoms with E-state index < -0.39 is 21.5 Å². The predicted molar refractivity (Wildman–Crippen MR) is 94.6 cm³/mol. The maximum absolute atomic E-state index is 12.1. The van der Waals surface area contributed by atoms with E-state index in [1.54, 1.807) is 48.5 Å². The maximum atomic E-state index is 12.1. The molecule has 0 aliphatic carbocycles. The van der Waals surface area contributed by atoms with Gasteiger partial charge in [0.25, 0.3) is 0 Å². The number of halogens is 1. The number of rotatable bonds is 6. The molecule has 2 aromatic rings. The fourth-order valence-electron chi connectivity index (χ4n) is 2.13. The summed E-state index contributed by atoms with van der Waals surface area (Å²) in [6.45, 7) is 0.181. The van der Waals surface area contributed by atoms with Gasteiger partial charge in [-0.05, 0) is 35.4 Å². The summed E-state index contributed by atoms with van der Waals surface area (Å²) < 4.78 is 25.0. The van der Waals surface area contributed by atoms with Gasteiger partial charge in [-0.3, -0.25) is 4.79 Å². The van der Waals surface area contributed by atoms with E-state index in [2.05, 4.69) is 21.2 Å². The average Bonchev–Trinajstić information content (AvgIpc) is 2.52. The SMILES string of the molecule is N#Cc1cccc(CNC(=O)CS(=O)(=O)Cc2cccc(Br)c2)c1. The van der Waals surface area contributed by atoms with Crippen LogP contribution in [0.1, 0.15) is 16.7 Å².